The number of nitrogens with zero attached hydrogens (tertiary/aromatic N) is 3. The molecule has 0 fully saturated rings. The molecule has 1 aromatic heterocycles. The third-order valence-corrected chi connectivity index (χ3v) is 4.05. The van der Waals surface area contributed by atoms with Gasteiger partial charge in [-0.2, -0.15) is 0 Å². The first-order valence-corrected chi connectivity index (χ1v) is 6.84. The van der Waals surface area contributed by atoms with E-state index in [-0.39, 0.29) is 5.84 Å². The molecule has 3 N–H and O–H groups in total. The van der Waals surface area contributed by atoms with Gasteiger partial charge in [0.15, 0.2) is 11.0 Å². The molecular weight excluding hydrogens is 284 g/mol. The Balaban J connectivity index is 2.12. The highest BCUT2D eigenvalue weighted by Gasteiger charge is 2.07. The van der Waals surface area contributed by atoms with Crippen LogP contribution in [-0.2, 0) is 12.8 Å². The highest BCUT2D eigenvalue weighted by atomic mass is 35.5. The van der Waals surface area contributed by atoms with E-state index in [1.54, 1.807) is 30.1 Å². The molecular formula is C12H13ClN4OS. The number of aryl methyl sites for hydroxylation is 1. The summed E-state index contributed by atoms with van der Waals surface area (Å²) in [6.45, 7) is 0. The van der Waals surface area contributed by atoms with Crippen molar-refractivity contribution in [2.45, 2.75) is 10.9 Å². The lowest BCUT2D eigenvalue weighted by Crippen LogP contribution is -2.13. The SMILES string of the molecule is Cn1ccnc1SCc1ccc(/C(N)=N/O)cc1Cl. The molecule has 0 bridgehead atoms. The van der Waals surface area contributed by atoms with Gasteiger partial charge in [0.25, 0.3) is 0 Å². The number of hydrogen-bond acceptors (Lipinski definition) is 4. The average molecular weight is 297 g/mol. The number of hydrogen-bond donors (Lipinski definition) is 2. The van der Waals surface area contributed by atoms with Gasteiger partial charge in [-0.3, -0.25) is 0 Å². The standard InChI is InChI=1S/C12H13ClN4OS/c1-17-5-4-15-12(17)19-7-9-3-2-8(6-10(9)13)11(14)16-18/h2-6,18H,7H2,1H3,(H2,14,16). The first kappa shape index (κ1) is 13.8. The smallest absolute Gasteiger partial charge is 0.170 e. The highest BCUT2D eigenvalue weighted by Crippen LogP contribution is 2.26. The third-order valence-electron chi connectivity index (χ3n) is 2.59. The number of oxime groups is 1. The fourth-order valence-corrected chi connectivity index (χ4v) is 2.78. The van der Waals surface area contributed by atoms with Gasteiger partial charge in [-0.15, -0.1) is 0 Å². The zero-order chi connectivity index (χ0) is 13.8. The van der Waals surface area contributed by atoms with E-state index in [4.69, 9.17) is 22.5 Å². The van der Waals surface area contributed by atoms with Crippen LogP contribution in [0.3, 0.4) is 0 Å². The predicted molar refractivity (Wildman–Crippen MR) is 76.7 cm³/mol. The number of rotatable bonds is 4. The summed E-state index contributed by atoms with van der Waals surface area (Å²) in [4.78, 5) is 4.23. The summed E-state index contributed by atoms with van der Waals surface area (Å²) in [6.07, 6.45) is 3.65. The highest BCUT2D eigenvalue weighted by molar-refractivity contribution is 7.98. The first-order chi connectivity index (χ1) is 9.11. The van der Waals surface area contributed by atoms with Crippen LogP contribution in [0.2, 0.25) is 5.02 Å². The molecule has 0 amide bonds. The number of aromatic nitrogens is 2. The number of thioether (sulfide) groups is 1. The van der Waals surface area contributed by atoms with E-state index in [1.807, 2.05) is 23.9 Å². The normalized spacial score (nSPS) is 11.8. The number of halogens is 1. The van der Waals surface area contributed by atoms with E-state index >= 15 is 0 Å². The lowest BCUT2D eigenvalue weighted by molar-refractivity contribution is 0.318. The first-order valence-electron chi connectivity index (χ1n) is 5.48. The average Bonchev–Trinajstić information content (AvgIpc) is 2.82. The molecule has 1 aromatic carbocycles. The fraction of sp³-hybridized carbons (Fsp3) is 0.167. The van der Waals surface area contributed by atoms with Gasteiger partial charge in [0.1, 0.15) is 0 Å². The fourth-order valence-electron chi connectivity index (χ4n) is 1.51. The van der Waals surface area contributed by atoms with Crippen molar-refractivity contribution < 1.29 is 5.21 Å². The maximum atomic E-state index is 8.61. The van der Waals surface area contributed by atoms with Crippen LogP contribution in [0.5, 0.6) is 0 Å². The summed E-state index contributed by atoms with van der Waals surface area (Å²) >= 11 is 7.78. The summed E-state index contributed by atoms with van der Waals surface area (Å²) in [5.74, 6) is 0.755. The summed E-state index contributed by atoms with van der Waals surface area (Å²) in [6, 6.07) is 5.33. The molecule has 0 aliphatic heterocycles. The van der Waals surface area contributed by atoms with Crippen LogP contribution in [-0.4, -0.2) is 20.6 Å². The van der Waals surface area contributed by atoms with Gasteiger partial charge < -0.3 is 15.5 Å². The molecule has 0 aliphatic carbocycles. The van der Waals surface area contributed by atoms with E-state index in [1.165, 1.54) is 0 Å². The van der Waals surface area contributed by atoms with Gasteiger partial charge in [0.2, 0.25) is 0 Å². The molecule has 100 valence electrons. The molecule has 0 unspecified atom stereocenters. The maximum absolute atomic E-state index is 8.61. The minimum absolute atomic E-state index is 0.0465. The maximum Gasteiger partial charge on any atom is 0.170 e. The van der Waals surface area contributed by atoms with Gasteiger partial charge in [0.05, 0.1) is 0 Å². The molecule has 0 radical (unpaired) electrons. The van der Waals surface area contributed by atoms with E-state index < -0.39 is 0 Å². The Bertz CT molecular complexity index is 612. The summed E-state index contributed by atoms with van der Waals surface area (Å²) in [5, 5.41) is 13.1. The van der Waals surface area contributed by atoms with Crippen LogP contribution in [0, 0.1) is 0 Å². The second-order valence-electron chi connectivity index (χ2n) is 3.90. The van der Waals surface area contributed by atoms with Gasteiger partial charge in [-0.05, 0) is 11.6 Å². The van der Waals surface area contributed by atoms with Crippen molar-refractivity contribution in [2.24, 2.45) is 17.9 Å². The van der Waals surface area contributed by atoms with Crippen molar-refractivity contribution in [1.29, 1.82) is 0 Å². The zero-order valence-corrected chi connectivity index (χ0v) is 11.8. The number of benzene rings is 1. The van der Waals surface area contributed by atoms with Crippen LogP contribution in [0.4, 0.5) is 0 Å². The third kappa shape index (κ3) is 3.21. The molecule has 0 saturated heterocycles. The topological polar surface area (TPSA) is 76.4 Å². The second-order valence-corrected chi connectivity index (χ2v) is 5.25. The molecule has 5 nitrogen and oxygen atoms in total. The number of imidazole rings is 1. The molecule has 1 heterocycles. The van der Waals surface area contributed by atoms with Gasteiger partial charge in [0, 0.05) is 35.8 Å². The Labute approximate surface area is 120 Å². The molecule has 2 rings (SSSR count). The van der Waals surface area contributed by atoms with Crippen LogP contribution in [0.25, 0.3) is 0 Å². The van der Waals surface area contributed by atoms with E-state index in [0.29, 0.717) is 16.3 Å². The van der Waals surface area contributed by atoms with Crippen molar-refractivity contribution in [3.8, 4) is 0 Å². The lowest BCUT2D eigenvalue weighted by Gasteiger charge is -2.06. The molecule has 2 aromatic rings. The monoisotopic (exact) mass is 296 g/mol. The van der Waals surface area contributed by atoms with Crippen LogP contribution in [0.1, 0.15) is 11.1 Å². The van der Waals surface area contributed by atoms with Crippen molar-refractivity contribution >= 4 is 29.2 Å². The summed E-state index contributed by atoms with van der Waals surface area (Å²) in [5.41, 5.74) is 7.08. The lowest BCUT2D eigenvalue weighted by atomic mass is 10.1. The molecule has 0 aliphatic rings. The molecule has 7 heteroatoms. The minimum atomic E-state index is 0.0465. The summed E-state index contributed by atoms with van der Waals surface area (Å²) < 4.78 is 1.95. The Morgan fingerprint density at radius 3 is 2.95 bits per heavy atom. The van der Waals surface area contributed by atoms with Crippen molar-refractivity contribution in [2.75, 3.05) is 0 Å². The molecule has 0 spiro atoms. The summed E-state index contributed by atoms with van der Waals surface area (Å²) in [7, 11) is 1.94. The van der Waals surface area contributed by atoms with Crippen LogP contribution in [0.15, 0.2) is 40.9 Å². The Kier molecular flexibility index (Phi) is 4.34. The molecule has 0 saturated carbocycles. The molecule has 0 atom stereocenters. The van der Waals surface area contributed by atoms with Gasteiger partial charge >= 0.3 is 0 Å². The van der Waals surface area contributed by atoms with Crippen LogP contribution < -0.4 is 5.73 Å². The molecule has 19 heavy (non-hydrogen) atoms. The van der Waals surface area contributed by atoms with Crippen LogP contribution >= 0.6 is 23.4 Å². The Morgan fingerprint density at radius 2 is 2.37 bits per heavy atom. The second kappa shape index (κ2) is 5.99. The quantitative estimate of drug-likeness (QED) is 0.299. The van der Waals surface area contributed by atoms with E-state index in [0.717, 1.165) is 10.7 Å². The van der Waals surface area contributed by atoms with Crippen molar-refractivity contribution in [3.63, 3.8) is 0 Å². The Morgan fingerprint density at radius 1 is 1.58 bits per heavy atom. The largest absolute Gasteiger partial charge is 0.409 e. The number of amidine groups is 1. The van der Waals surface area contributed by atoms with Crippen molar-refractivity contribution in [3.05, 3.63) is 46.7 Å². The zero-order valence-electron chi connectivity index (χ0n) is 10.2. The van der Waals surface area contributed by atoms with Gasteiger partial charge in [-0.25, -0.2) is 4.98 Å². The Hall–Kier alpha value is -1.66. The van der Waals surface area contributed by atoms with Crippen molar-refractivity contribution in [1.82, 2.24) is 9.55 Å². The number of nitrogens with two attached hydrogens (primary N) is 1. The van der Waals surface area contributed by atoms with Gasteiger partial charge in [-0.1, -0.05) is 40.7 Å². The van der Waals surface area contributed by atoms with E-state index in [2.05, 4.69) is 10.1 Å². The predicted octanol–water partition coefficient (Wildman–Crippen LogP) is 2.46. The minimum Gasteiger partial charge on any atom is -0.409 e. The van der Waals surface area contributed by atoms with E-state index in [9.17, 15) is 0 Å².